The van der Waals surface area contributed by atoms with E-state index in [0.29, 0.717) is 36.5 Å². The minimum Gasteiger partial charge on any atom is -0.495 e. The van der Waals surface area contributed by atoms with Crippen LogP contribution in [0.5, 0.6) is 5.75 Å². The molecule has 1 N–H and O–H groups in total. The standard InChI is InChI=1S/C22H26FN3O3/c1-16(13-17-5-3-4-6-19(17)23)22(28)24-20-14-18(7-8-21(20)29-2)26-11-9-25(15-27)10-12-26/h3-8,14-16H,9-13H2,1-2H3,(H,24,28). The third kappa shape index (κ3) is 5.04. The summed E-state index contributed by atoms with van der Waals surface area (Å²) in [5, 5.41) is 2.92. The Morgan fingerprint density at radius 2 is 1.93 bits per heavy atom. The Bertz CT molecular complexity index is 866. The lowest BCUT2D eigenvalue weighted by atomic mass is 10.00. The molecule has 1 unspecified atom stereocenters. The number of benzene rings is 2. The van der Waals surface area contributed by atoms with E-state index in [1.54, 1.807) is 37.1 Å². The zero-order valence-corrected chi connectivity index (χ0v) is 16.7. The van der Waals surface area contributed by atoms with E-state index < -0.39 is 5.92 Å². The minimum absolute atomic E-state index is 0.200. The van der Waals surface area contributed by atoms with Crippen LogP contribution in [0, 0.1) is 11.7 Å². The van der Waals surface area contributed by atoms with E-state index in [4.69, 9.17) is 4.74 Å². The molecule has 1 heterocycles. The Kier molecular flexibility index (Phi) is 6.69. The predicted octanol–water partition coefficient (Wildman–Crippen LogP) is 2.93. The van der Waals surface area contributed by atoms with E-state index >= 15 is 0 Å². The van der Waals surface area contributed by atoms with E-state index in [2.05, 4.69) is 10.2 Å². The molecule has 0 bridgehead atoms. The summed E-state index contributed by atoms with van der Waals surface area (Å²) >= 11 is 0. The van der Waals surface area contributed by atoms with Crippen molar-refractivity contribution in [2.75, 3.05) is 43.5 Å². The average Bonchev–Trinajstić information content (AvgIpc) is 2.75. The summed E-state index contributed by atoms with van der Waals surface area (Å²) in [5.41, 5.74) is 2.05. The van der Waals surface area contributed by atoms with Crippen molar-refractivity contribution >= 4 is 23.7 Å². The molecule has 7 heteroatoms. The molecule has 29 heavy (non-hydrogen) atoms. The summed E-state index contributed by atoms with van der Waals surface area (Å²) in [7, 11) is 1.55. The Morgan fingerprint density at radius 1 is 1.21 bits per heavy atom. The van der Waals surface area contributed by atoms with Crippen molar-refractivity contribution in [3.8, 4) is 5.75 Å². The molecule has 6 nitrogen and oxygen atoms in total. The summed E-state index contributed by atoms with van der Waals surface area (Å²) in [4.78, 5) is 27.5. The van der Waals surface area contributed by atoms with Crippen molar-refractivity contribution in [2.45, 2.75) is 13.3 Å². The summed E-state index contributed by atoms with van der Waals surface area (Å²) in [6, 6.07) is 12.1. The van der Waals surface area contributed by atoms with Crippen LogP contribution in [0.2, 0.25) is 0 Å². The second-order valence-corrected chi connectivity index (χ2v) is 7.20. The smallest absolute Gasteiger partial charge is 0.227 e. The molecule has 0 saturated carbocycles. The summed E-state index contributed by atoms with van der Waals surface area (Å²) in [6.45, 7) is 4.55. The lowest BCUT2D eigenvalue weighted by Crippen LogP contribution is -2.45. The van der Waals surface area contributed by atoms with Gasteiger partial charge in [0.2, 0.25) is 12.3 Å². The number of hydrogen-bond donors (Lipinski definition) is 1. The number of carbonyl (C=O) groups excluding carboxylic acids is 2. The van der Waals surface area contributed by atoms with Gasteiger partial charge in [0.25, 0.3) is 0 Å². The zero-order valence-electron chi connectivity index (χ0n) is 16.7. The molecule has 154 valence electrons. The van der Waals surface area contributed by atoms with Gasteiger partial charge >= 0.3 is 0 Å². The lowest BCUT2D eigenvalue weighted by molar-refractivity contribution is -0.119. The maximum atomic E-state index is 13.9. The van der Waals surface area contributed by atoms with E-state index in [0.717, 1.165) is 25.2 Å². The van der Waals surface area contributed by atoms with Gasteiger partial charge in [0.15, 0.2) is 0 Å². The largest absolute Gasteiger partial charge is 0.495 e. The van der Waals surface area contributed by atoms with Gasteiger partial charge in [-0.1, -0.05) is 25.1 Å². The third-order valence-corrected chi connectivity index (χ3v) is 5.20. The minimum atomic E-state index is -0.406. The molecule has 0 radical (unpaired) electrons. The van der Waals surface area contributed by atoms with Gasteiger partial charge in [0.05, 0.1) is 12.8 Å². The van der Waals surface area contributed by atoms with E-state index in [9.17, 15) is 14.0 Å². The highest BCUT2D eigenvalue weighted by molar-refractivity contribution is 5.94. The third-order valence-electron chi connectivity index (χ3n) is 5.20. The first kappa shape index (κ1) is 20.6. The maximum absolute atomic E-state index is 13.9. The fourth-order valence-electron chi connectivity index (χ4n) is 3.42. The van der Waals surface area contributed by atoms with Crippen molar-refractivity contribution in [3.05, 3.63) is 53.8 Å². The number of rotatable bonds is 7. The van der Waals surface area contributed by atoms with Crippen LogP contribution < -0.4 is 15.0 Å². The molecule has 3 rings (SSSR count). The number of piperazine rings is 1. The number of amides is 2. The summed E-state index contributed by atoms with van der Waals surface area (Å²) in [5.74, 6) is -0.348. The van der Waals surface area contributed by atoms with Crippen LogP contribution in [-0.2, 0) is 16.0 Å². The van der Waals surface area contributed by atoms with Crippen LogP contribution >= 0.6 is 0 Å². The lowest BCUT2D eigenvalue weighted by Gasteiger charge is -2.34. The van der Waals surface area contributed by atoms with Gasteiger partial charge in [-0.2, -0.15) is 0 Å². The zero-order chi connectivity index (χ0) is 20.8. The molecule has 2 aromatic carbocycles. The Balaban J connectivity index is 1.71. The number of hydrogen-bond acceptors (Lipinski definition) is 4. The van der Waals surface area contributed by atoms with Gasteiger partial charge in [-0.15, -0.1) is 0 Å². The second-order valence-electron chi connectivity index (χ2n) is 7.20. The van der Waals surface area contributed by atoms with E-state index in [1.807, 2.05) is 18.2 Å². The van der Waals surface area contributed by atoms with Gasteiger partial charge in [-0.3, -0.25) is 9.59 Å². The molecular weight excluding hydrogens is 373 g/mol. The van der Waals surface area contributed by atoms with Crippen LogP contribution in [-0.4, -0.2) is 50.5 Å². The van der Waals surface area contributed by atoms with Crippen molar-refractivity contribution in [1.82, 2.24) is 4.90 Å². The SMILES string of the molecule is COc1ccc(N2CCN(C=O)CC2)cc1NC(=O)C(C)Cc1ccccc1F. The fourth-order valence-corrected chi connectivity index (χ4v) is 3.42. The van der Waals surface area contributed by atoms with Crippen LogP contribution in [0.3, 0.4) is 0 Å². The first-order chi connectivity index (χ1) is 14.0. The first-order valence-electron chi connectivity index (χ1n) is 9.68. The molecule has 0 spiro atoms. The monoisotopic (exact) mass is 399 g/mol. The predicted molar refractivity (Wildman–Crippen MR) is 111 cm³/mol. The van der Waals surface area contributed by atoms with Crippen molar-refractivity contribution < 1.29 is 18.7 Å². The number of halogens is 1. The van der Waals surface area contributed by atoms with E-state index in [1.165, 1.54) is 6.07 Å². The van der Waals surface area contributed by atoms with Crippen molar-refractivity contribution in [2.24, 2.45) is 5.92 Å². The van der Waals surface area contributed by atoms with Crippen LogP contribution in [0.25, 0.3) is 0 Å². The Morgan fingerprint density at radius 3 is 2.59 bits per heavy atom. The van der Waals surface area contributed by atoms with Gasteiger partial charge in [0, 0.05) is 37.8 Å². The molecule has 0 aromatic heterocycles. The number of nitrogens with one attached hydrogen (secondary N) is 1. The van der Waals surface area contributed by atoms with Gasteiger partial charge in [-0.05, 0) is 36.2 Å². The topological polar surface area (TPSA) is 61.9 Å². The van der Waals surface area contributed by atoms with Crippen LogP contribution in [0.4, 0.5) is 15.8 Å². The Hall–Kier alpha value is -3.09. The van der Waals surface area contributed by atoms with Crippen molar-refractivity contribution in [1.29, 1.82) is 0 Å². The molecule has 1 fully saturated rings. The van der Waals surface area contributed by atoms with Gasteiger partial charge < -0.3 is 19.9 Å². The fraction of sp³-hybridized carbons (Fsp3) is 0.364. The number of nitrogens with zero attached hydrogens (tertiary/aromatic N) is 2. The molecular formula is C22H26FN3O3. The average molecular weight is 399 g/mol. The molecule has 1 atom stereocenters. The first-order valence-corrected chi connectivity index (χ1v) is 9.68. The molecule has 1 saturated heterocycles. The number of ether oxygens (including phenoxy) is 1. The van der Waals surface area contributed by atoms with Gasteiger partial charge in [0.1, 0.15) is 11.6 Å². The number of methoxy groups -OCH3 is 1. The highest BCUT2D eigenvalue weighted by Crippen LogP contribution is 2.31. The quantitative estimate of drug-likeness (QED) is 0.728. The maximum Gasteiger partial charge on any atom is 0.227 e. The molecule has 1 aliphatic rings. The van der Waals surface area contributed by atoms with Crippen LogP contribution in [0.15, 0.2) is 42.5 Å². The number of anilines is 2. The molecule has 0 aliphatic carbocycles. The summed E-state index contributed by atoms with van der Waals surface area (Å²) < 4.78 is 19.3. The normalized spacial score (nSPS) is 15.0. The molecule has 1 aliphatic heterocycles. The van der Waals surface area contributed by atoms with E-state index in [-0.39, 0.29) is 11.7 Å². The highest BCUT2D eigenvalue weighted by atomic mass is 19.1. The highest BCUT2D eigenvalue weighted by Gasteiger charge is 2.20. The second kappa shape index (κ2) is 9.41. The molecule has 2 aromatic rings. The Labute approximate surface area is 170 Å². The number of carbonyl (C=O) groups is 2. The van der Waals surface area contributed by atoms with Gasteiger partial charge in [-0.25, -0.2) is 4.39 Å². The summed E-state index contributed by atoms with van der Waals surface area (Å²) in [6.07, 6.45) is 1.18. The van der Waals surface area contributed by atoms with Crippen molar-refractivity contribution in [3.63, 3.8) is 0 Å². The molecule has 2 amide bonds. The van der Waals surface area contributed by atoms with Crippen LogP contribution in [0.1, 0.15) is 12.5 Å².